The summed E-state index contributed by atoms with van der Waals surface area (Å²) in [6.07, 6.45) is 0. The SMILES string of the molecule is CCN(CC(=O)NC(C)C)C(=O)c1ccc(NC(=O)c2cccs2)cc1. The summed E-state index contributed by atoms with van der Waals surface area (Å²) in [6.45, 7) is 6.03. The second-order valence-corrected chi connectivity index (χ2v) is 7.00. The van der Waals surface area contributed by atoms with Crippen molar-refractivity contribution in [1.82, 2.24) is 10.2 Å². The fraction of sp³-hybridized carbons (Fsp3) is 0.316. The van der Waals surface area contributed by atoms with Crippen LogP contribution in [0.4, 0.5) is 5.69 Å². The van der Waals surface area contributed by atoms with E-state index in [1.54, 1.807) is 30.3 Å². The van der Waals surface area contributed by atoms with Crippen molar-refractivity contribution in [3.8, 4) is 0 Å². The summed E-state index contributed by atoms with van der Waals surface area (Å²) in [5.41, 5.74) is 1.08. The maximum Gasteiger partial charge on any atom is 0.265 e. The van der Waals surface area contributed by atoms with Crippen molar-refractivity contribution in [1.29, 1.82) is 0 Å². The summed E-state index contributed by atoms with van der Waals surface area (Å²) in [5.74, 6) is -0.586. The van der Waals surface area contributed by atoms with E-state index in [1.165, 1.54) is 16.2 Å². The van der Waals surface area contributed by atoms with Gasteiger partial charge in [0.2, 0.25) is 5.91 Å². The number of benzene rings is 1. The molecule has 0 aliphatic heterocycles. The number of nitrogens with one attached hydrogen (secondary N) is 2. The van der Waals surface area contributed by atoms with E-state index in [0.29, 0.717) is 22.7 Å². The third-order valence-corrected chi connectivity index (χ3v) is 4.46. The third kappa shape index (κ3) is 5.42. The smallest absolute Gasteiger partial charge is 0.265 e. The van der Waals surface area contributed by atoms with Crippen LogP contribution in [0.2, 0.25) is 0 Å². The van der Waals surface area contributed by atoms with Crippen molar-refractivity contribution < 1.29 is 14.4 Å². The predicted octanol–water partition coefficient (Wildman–Crippen LogP) is 2.99. The molecule has 2 N–H and O–H groups in total. The van der Waals surface area contributed by atoms with Crippen molar-refractivity contribution in [3.63, 3.8) is 0 Å². The first-order valence-corrected chi connectivity index (χ1v) is 9.32. The largest absolute Gasteiger partial charge is 0.352 e. The highest BCUT2D eigenvalue weighted by Crippen LogP contribution is 2.15. The zero-order chi connectivity index (χ0) is 19.1. The van der Waals surface area contributed by atoms with Gasteiger partial charge in [-0.05, 0) is 56.5 Å². The van der Waals surface area contributed by atoms with Gasteiger partial charge in [0.25, 0.3) is 11.8 Å². The topological polar surface area (TPSA) is 78.5 Å². The van der Waals surface area contributed by atoms with Gasteiger partial charge in [-0.1, -0.05) is 6.07 Å². The molecule has 2 rings (SSSR count). The van der Waals surface area contributed by atoms with Crippen LogP contribution in [0, 0.1) is 0 Å². The molecule has 1 heterocycles. The highest BCUT2D eigenvalue weighted by molar-refractivity contribution is 7.12. The summed E-state index contributed by atoms with van der Waals surface area (Å²) in [5, 5.41) is 7.41. The Morgan fingerprint density at radius 2 is 1.81 bits per heavy atom. The number of rotatable bonds is 7. The lowest BCUT2D eigenvalue weighted by atomic mass is 10.1. The Balaban J connectivity index is 2.00. The van der Waals surface area contributed by atoms with Gasteiger partial charge in [0.15, 0.2) is 0 Å². The Hall–Kier alpha value is -2.67. The Bertz CT molecular complexity index is 755. The number of hydrogen-bond donors (Lipinski definition) is 2. The van der Waals surface area contributed by atoms with Crippen LogP contribution in [0.5, 0.6) is 0 Å². The van der Waals surface area contributed by atoms with Crippen LogP contribution in [-0.4, -0.2) is 41.8 Å². The minimum absolute atomic E-state index is 0.0182. The molecule has 0 fully saturated rings. The molecule has 0 spiro atoms. The molecule has 0 saturated heterocycles. The maximum absolute atomic E-state index is 12.6. The molecule has 138 valence electrons. The normalized spacial score (nSPS) is 10.5. The first-order chi connectivity index (χ1) is 12.4. The van der Waals surface area contributed by atoms with Crippen LogP contribution in [0.3, 0.4) is 0 Å². The second-order valence-electron chi connectivity index (χ2n) is 6.05. The average molecular weight is 373 g/mol. The Morgan fingerprint density at radius 1 is 1.12 bits per heavy atom. The molecule has 1 aromatic heterocycles. The lowest BCUT2D eigenvalue weighted by Crippen LogP contribution is -2.42. The van der Waals surface area contributed by atoms with E-state index in [-0.39, 0.29) is 30.3 Å². The number of nitrogens with zero attached hydrogens (tertiary/aromatic N) is 1. The van der Waals surface area contributed by atoms with Gasteiger partial charge in [0, 0.05) is 23.8 Å². The number of likely N-dealkylation sites (N-methyl/N-ethyl adjacent to an activating group) is 1. The van der Waals surface area contributed by atoms with Crippen LogP contribution in [0.15, 0.2) is 41.8 Å². The first kappa shape index (κ1) is 19.7. The van der Waals surface area contributed by atoms with Crippen molar-refractivity contribution in [2.24, 2.45) is 0 Å². The average Bonchev–Trinajstić information content (AvgIpc) is 3.14. The van der Waals surface area contributed by atoms with Gasteiger partial charge < -0.3 is 15.5 Å². The molecule has 0 unspecified atom stereocenters. The Morgan fingerprint density at radius 3 is 2.35 bits per heavy atom. The van der Waals surface area contributed by atoms with Crippen molar-refractivity contribution in [3.05, 3.63) is 52.2 Å². The summed E-state index contributed by atoms with van der Waals surface area (Å²) in [6, 6.07) is 10.3. The van der Waals surface area contributed by atoms with E-state index in [0.717, 1.165) is 0 Å². The van der Waals surface area contributed by atoms with E-state index in [1.807, 2.05) is 32.2 Å². The molecule has 6 nitrogen and oxygen atoms in total. The number of thiophene rings is 1. The quantitative estimate of drug-likeness (QED) is 0.783. The number of hydrogen-bond acceptors (Lipinski definition) is 4. The minimum atomic E-state index is -0.220. The molecular formula is C19H23N3O3S. The number of carbonyl (C=O) groups excluding carboxylic acids is 3. The molecular weight excluding hydrogens is 350 g/mol. The fourth-order valence-electron chi connectivity index (χ4n) is 2.35. The maximum atomic E-state index is 12.6. The van der Waals surface area contributed by atoms with Crippen LogP contribution in [-0.2, 0) is 4.79 Å². The van der Waals surface area contributed by atoms with Gasteiger partial charge in [-0.3, -0.25) is 14.4 Å². The van der Waals surface area contributed by atoms with Crippen LogP contribution >= 0.6 is 11.3 Å². The lowest BCUT2D eigenvalue weighted by molar-refractivity contribution is -0.122. The first-order valence-electron chi connectivity index (χ1n) is 8.44. The van der Waals surface area contributed by atoms with E-state index < -0.39 is 0 Å². The second kappa shape index (κ2) is 9.15. The van der Waals surface area contributed by atoms with Crippen molar-refractivity contribution in [2.45, 2.75) is 26.8 Å². The van der Waals surface area contributed by atoms with Gasteiger partial charge in [0.05, 0.1) is 11.4 Å². The molecule has 26 heavy (non-hydrogen) atoms. The lowest BCUT2D eigenvalue weighted by Gasteiger charge is -2.21. The van der Waals surface area contributed by atoms with E-state index >= 15 is 0 Å². The number of carbonyl (C=O) groups is 3. The summed E-state index contributed by atoms with van der Waals surface area (Å²) in [4.78, 5) is 38.6. The van der Waals surface area contributed by atoms with Crippen molar-refractivity contribution >= 4 is 34.7 Å². The molecule has 0 aliphatic rings. The number of amides is 3. The molecule has 0 bridgehead atoms. The van der Waals surface area contributed by atoms with Gasteiger partial charge in [-0.2, -0.15) is 0 Å². The van der Waals surface area contributed by atoms with Gasteiger partial charge in [-0.25, -0.2) is 0 Å². The molecule has 0 saturated carbocycles. The Kier molecular flexibility index (Phi) is 6.91. The van der Waals surface area contributed by atoms with Crippen LogP contribution in [0.25, 0.3) is 0 Å². The van der Waals surface area contributed by atoms with Crippen LogP contribution in [0.1, 0.15) is 40.8 Å². The molecule has 0 atom stereocenters. The zero-order valence-corrected chi connectivity index (χ0v) is 15.9. The summed E-state index contributed by atoms with van der Waals surface area (Å²) >= 11 is 1.36. The van der Waals surface area contributed by atoms with Gasteiger partial charge in [-0.15, -0.1) is 11.3 Å². The number of anilines is 1. The molecule has 1 aromatic carbocycles. The van der Waals surface area contributed by atoms with E-state index in [4.69, 9.17) is 0 Å². The molecule has 3 amide bonds. The zero-order valence-electron chi connectivity index (χ0n) is 15.1. The van der Waals surface area contributed by atoms with E-state index in [2.05, 4.69) is 10.6 Å². The molecule has 7 heteroatoms. The minimum Gasteiger partial charge on any atom is -0.352 e. The predicted molar refractivity (Wildman–Crippen MR) is 104 cm³/mol. The third-order valence-electron chi connectivity index (χ3n) is 3.59. The summed E-state index contributed by atoms with van der Waals surface area (Å²) < 4.78 is 0. The van der Waals surface area contributed by atoms with E-state index in [9.17, 15) is 14.4 Å². The van der Waals surface area contributed by atoms with Crippen molar-refractivity contribution in [2.75, 3.05) is 18.4 Å². The van der Waals surface area contributed by atoms with Gasteiger partial charge >= 0.3 is 0 Å². The highest BCUT2D eigenvalue weighted by atomic mass is 32.1. The highest BCUT2D eigenvalue weighted by Gasteiger charge is 2.18. The Labute approximate surface area is 157 Å². The fourth-order valence-corrected chi connectivity index (χ4v) is 2.97. The van der Waals surface area contributed by atoms with Crippen LogP contribution < -0.4 is 10.6 Å². The molecule has 0 aliphatic carbocycles. The standard InChI is InChI=1S/C19H23N3O3S/c1-4-22(12-17(23)20-13(2)3)19(25)14-7-9-15(10-8-14)21-18(24)16-6-5-11-26-16/h5-11,13H,4,12H2,1-3H3,(H,20,23)(H,21,24). The molecule has 0 radical (unpaired) electrons. The molecule has 2 aromatic rings. The monoisotopic (exact) mass is 373 g/mol. The summed E-state index contributed by atoms with van der Waals surface area (Å²) in [7, 11) is 0. The van der Waals surface area contributed by atoms with Gasteiger partial charge in [0.1, 0.15) is 0 Å².